The Bertz CT molecular complexity index is 395. The second kappa shape index (κ2) is 4.07. The Morgan fingerprint density at radius 1 is 1.21 bits per heavy atom. The molecule has 1 aromatic carbocycles. The summed E-state index contributed by atoms with van der Waals surface area (Å²) in [6, 6.07) is 10.1. The van der Waals surface area contributed by atoms with Crippen molar-refractivity contribution in [3.63, 3.8) is 0 Å². The summed E-state index contributed by atoms with van der Waals surface area (Å²) in [7, 11) is 0. The van der Waals surface area contributed by atoms with E-state index in [0.29, 0.717) is 0 Å². The van der Waals surface area contributed by atoms with Gasteiger partial charge < -0.3 is 9.67 Å². The van der Waals surface area contributed by atoms with Crippen LogP contribution in [-0.2, 0) is 13.2 Å². The fourth-order valence-electron chi connectivity index (χ4n) is 1.40. The first-order chi connectivity index (χ1) is 6.90. The molecule has 0 atom stereocenters. The van der Waals surface area contributed by atoms with Crippen molar-refractivity contribution in [2.45, 2.75) is 13.2 Å². The van der Waals surface area contributed by atoms with Crippen LogP contribution in [0.3, 0.4) is 0 Å². The Morgan fingerprint density at radius 3 is 2.71 bits per heavy atom. The molecule has 1 heterocycles. The van der Waals surface area contributed by atoms with Crippen molar-refractivity contribution in [2.75, 3.05) is 0 Å². The second-order valence-corrected chi connectivity index (χ2v) is 3.16. The summed E-state index contributed by atoms with van der Waals surface area (Å²) in [6.07, 6.45) is 3.42. The highest BCUT2D eigenvalue weighted by atomic mass is 16.3. The summed E-state index contributed by atoms with van der Waals surface area (Å²) >= 11 is 0. The summed E-state index contributed by atoms with van der Waals surface area (Å²) in [4.78, 5) is 3.99. The van der Waals surface area contributed by atoms with E-state index in [0.717, 1.165) is 12.2 Å². The number of benzene rings is 1. The zero-order chi connectivity index (χ0) is 9.80. The van der Waals surface area contributed by atoms with E-state index >= 15 is 0 Å². The molecule has 0 radical (unpaired) electrons. The molecule has 3 nitrogen and oxygen atoms in total. The summed E-state index contributed by atoms with van der Waals surface area (Å²) in [5.41, 5.74) is 2.05. The SMILES string of the molecule is OCc1cnc[15n]1Cc1ccccc1. The van der Waals surface area contributed by atoms with Crippen molar-refractivity contribution in [1.82, 2.24) is 9.55 Å². The zero-order valence-electron chi connectivity index (χ0n) is 7.80. The highest BCUT2D eigenvalue weighted by Gasteiger charge is 2.00. The van der Waals surface area contributed by atoms with Crippen LogP contribution in [0.2, 0.25) is 0 Å². The highest BCUT2D eigenvalue weighted by Crippen LogP contribution is 2.05. The average Bonchev–Trinajstić information content (AvgIpc) is 2.67. The molecule has 0 aliphatic carbocycles. The second-order valence-electron chi connectivity index (χ2n) is 3.16. The predicted octanol–water partition coefficient (Wildman–Crippen LogP) is 1.42. The first kappa shape index (κ1) is 8.97. The number of aromatic nitrogens is 2. The fourth-order valence-corrected chi connectivity index (χ4v) is 1.40. The molecule has 0 spiro atoms. The molecule has 14 heavy (non-hydrogen) atoms. The lowest BCUT2D eigenvalue weighted by Crippen LogP contribution is -2.02. The number of nitrogens with zero attached hydrogens (tertiary/aromatic N) is 2. The summed E-state index contributed by atoms with van der Waals surface area (Å²) < 4.78 is 1.94. The van der Waals surface area contributed by atoms with Gasteiger partial charge in [-0.3, -0.25) is 0 Å². The van der Waals surface area contributed by atoms with Gasteiger partial charge >= 0.3 is 0 Å². The maximum Gasteiger partial charge on any atom is 0.0952 e. The van der Waals surface area contributed by atoms with Gasteiger partial charge in [-0.25, -0.2) is 4.98 Å². The lowest BCUT2D eigenvalue weighted by molar-refractivity contribution is 0.271. The van der Waals surface area contributed by atoms with E-state index in [1.165, 1.54) is 5.56 Å². The quantitative estimate of drug-likeness (QED) is 0.793. The first-order valence-electron chi connectivity index (χ1n) is 4.54. The van der Waals surface area contributed by atoms with Gasteiger partial charge in [0.1, 0.15) is 0 Å². The van der Waals surface area contributed by atoms with Crippen molar-refractivity contribution in [3.05, 3.63) is 54.1 Å². The minimum absolute atomic E-state index is 0.0346. The Labute approximate surface area is 82.7 Å². The Balaban J connectivity index is 2.19. The van der Waals surface area contributed by atoms with E-state index in [1.807, 2.05) is 22.8 Å². The predicted molar refractivity (Wildman–Crippen MR) is 53.7 cm³/mol. The maximum atomic E-state index is 9.02. The van der Waals surface area contributed by atoms with Crippen molar-refractivity contribution in [3.8, 4) is 0 Å². The molecular formula is C11H12N2O. The third-order valence-electron chi connectivity index (χ3n) is 2.16. The number of hydrogen-bond donors (Lipinski definition) is 1. The highest BCUT2D eigenvalue weighted by molar-refractivity contribution is 5.16. The smallest absolute Gasteiger partial charge is 0.0952 e. The van der Waals surface area contributed by atoms with Crippen molar-refractivity contribution < 1.29 is 5.11 Å². The minimum Gasteiger partial charge on any atom is -0.390 e. The van der Waals surface area contributed by atoms with Crippen LogP contribution in [0.5, 0.6) is 0 Å². The van der Waals surface area contributed by atoms with E-state index in [4.69, 9.17) is 5.11 Å². The molecule has 0 fully saturated rings. The van der Waals surface area contributed by atoms with Gasteiger partial charge in [-0.05, 0) is 5.56 Å². The summed E-state index contributed by atoms with van der Waals surface area (Å²) in [5.74, 6) is 0. The maximum absolute atomic E-state index is 9.02. The molecule has 0 saturated heterocycles. The molecule has 0 amide bonds. The number of rotatable bonds is 3. The van der Waals surface area contributed by atoms with Crippen LogP contribution in [0, 0.1) is 0 Å². The lowest BCUT2D eigenvalue weighted by atomic mass is 10.2. The molecule has 0 bridgehead atoms. The number of hydrogen-bond acceptors (Lipinski definition) is 2. The molecule has 0 saturated carbocycles. The number of aliphatic hydroxyl groups is 1. The molecular weight excluding hydrogens is 177 g/mol. The Morgan fingerprint density at radius 2 is 2.00 bits per heavy atom. The molecule has 1 aromatic heterocycles. The molecule has 3 heteroatoms. The van der Waals surface area contributed by atoms with Gasteiger partial charge in [-0.15, -0.1) is 0 Å². The van der Waals surface area contributed by atoms with Crippen molar-refractivity contribution >= 4 is 0 Å². The monoisotopic (exact) mass is 189 g/mol. The van der Waals surface area contributed by atoms with E-state index in [2.05, 4.69) is 17.1 Å². The van der Waals surface area contributed by atoms with Crippen LogP contribution in [0.15, 0.2) is 42.9 Å². The fraction of sp³-hybridized carbons (Fsp3) is 0.182. The topological polar surface area (TPSA) is 38.1 Å². The van der Waals surface area contributed by atoms with Crippen LogP contribution >= 0.6 is 0 Å². The normalized spacial score (nSPS) is 10.4. The molecule has 2 aromatic rings. The largest absolute Gasteiger partial charge is 0.390 e. The zero-order valence-corrected chi connectivity index (χ0v) is 7.80. The van der Waals surface area contributed by atoms with Crippen molar-refractivity contribution in [2.24, 2.45) is 0 Å². The van der Waals surface area contributed by atoms with Crippen LogP contribution in [0.1, 0.15) is 11.3 Å². The van der Waals surface area contributed by atoms with Crippen LogP contribution in [0.4, 0.5) is 0 Å². The van der Waals surface area contributed by atoms with Gasteiger partial charge in [-0.1, -0.05) is 30.3 Å². The van der Waals surface area contributed by atoms with E-state index in [-0.39, 0.29) is 6.61 Å². The number of imidazole rings is 1. The Kier molecular flexibility index (Phi) is 2.60. The van der Waals surface area contributed by atoms with Crippen LogP contribution < -0.4 is 0 Å². The standard InChI is InChI=1S/C11H12N2O/c14-8-11-6-12-9-13(11)7-10-4-2-1-3-5-10/h1-6,9,14H,7-8H2/i13+1. The molecule has 0 unspecified atom stereocenters. The third kappa shape index (κ3) is 1.83. The molecule has 0 aliphatic rings. The third-order valence-corrected chi connectivity index (χ3v) is 2.16. The molecule has 72 valence electrons. The van der Waals surface area contributed by atoms with Gasteiger partial charge in [-0.2, -0.15) is 0 Å². The average molecular weight is 189 g/mol. The van der Waals surface area contributed by atoms with Crippen LogP contribution in [-0.4, -0.2) is 14.7 Å². The molecule has 2 rings (SSSR count). The van der Waals surface area contributed by atoms with Crippen LogP contribution in [0.25, 0.3) is 0 Å². The molecule has 0 aliphatic heterocycles. The van der Waals surface area contributed by atoms with Gasteiger partial charge in [0.15, 0.2) is 0 Å². The van der Waals surface area contributed by atoms with Crippen molar-refractivity contribution in [1.29, 1.82) is 0 Å². The first-order valence-corrected chi connectivity index (χ1v) is 4.54. The summed E-state index contributed by atoms with van der Waals surface area (Å²) in [6.45, 7) is 0.795. The number of aliphatic hydroxyl groups excluding tert-OH is 1. The summed E-state index contributed by atoms with van der Waals surface area (Å²) in [5, 5.41) is 9.02. The molecule has 1 N–H and O–H groups in total. The van der Waals surface area contributed by atoms with E-state index in [1.54, 1.807) is 12.5 Å². The van der Waals surface area contributed by atoms with E-state index < -0.39 is 0 Å². The van der Waals surface area contributed by atoms with Gasteiger partial charge in [0.25, 0.3) is 0 Å². The van der Waals surface area contributed by atoms with E-state index in [9.17, 15) is 0 Å². The minimum atomic E-state index is 0.0346. The van der Waals surface area contributed by atoms with Gasteiger partial charge in [0.05, 0.1) is 24.8 Å². The Hall–Kier alpha value is -1.61. The van der Waals surface area contributed by atoms with Gasteiger partial charge in [0, 0.05) is 6.54 Å². The van der Waals surface area contributed by atoms with Gasteiger partial charge in [0.2, 0.25) is 0 Å². The lowest BCUT2D eigenvalue weighted by Gasteiger charge is -2.05.